The van der Waals surface area contributed by atoms with E-state index in [1.54, 1.807) is 0 Å². The first kappa shape index (κ1) is 10.5. The van der Waals surface area contributed by atoms with E-state index in [9.17, 15) is 0 Å². The normalized spacial score (nSPS) is 12.5. The molecule has 1 nitrogen and oxygen atoms in total. The number of ether oxygens (including phenoxy) is 1. The molecule has 0 aliphatic carbocycles. The Morgan fingerprint density at radius 2 is 2.23 bits per heavy atom. The van der Waals surface area contributed by atoms with Crippen molar-refractivity contribution in [1.82, 2.24) is 0 Å². The lowest BCUT2D eigenvalue weighted by molar-refractivity contribution is 0.317. The van der Waals surface area contributed by atoms with Crippen molar-refractivity contribution in [1.29, 1.82) is 0 Å². The van der Waals surface area contributed by atoms with Crippen molar-refractivity contribution in [2.24, 2.45) is 0 Å². The highest BCUT2D eigenvalue weighted by Gasteiger charge is 2.00. The molecule has 0 spiro atoms. The van der Waals surface area contributed by atoms with Gasteiger partial charge in [0.15, 0.2) is 0 Å². The summed E-state index contributed by atoms with van der Waals surface area (Å²) < 4.78 is 5.51. The van der Waals surface area contributed by atoms with Gasteiger partial charge in [-0.15, -0.1) is 0 Å². The summed E-state index contributed by atoms with van der Waals surface area (Å²) in [5.74, 6) is 0.945. The van der Waals surface area contributed by atoms with Gasteiger partial charge < -0.3 is 4.74 Å². The average Bonchev–Trinajstić information content (AvgIpc) is 2.15. The number of benzene rings is 1. The van der Waals surface area contributed by atoms with Gasteiger partial charge in [0.2, 0.25) is 0 Å². The molecule has 13 heavy (non-hydrogen) atoms. The fourth-order valence-corrected chi connectivity index (χ4v) is 1.24. The molecule has 0 aliphatic heterocycles. The molecule has 1 aromatic carbocycles. The zero-order valence-electron chi connectivity index (χ0n) is 8.16. The van der Waals surface area contributed by atoms with E-state index in [2.05, 4.69) is 32.5 Å². The Morgan fingerprint density at radius 3 is 2.85 bits per heavy atom. The molecule has 1 aromatic rings. The van der Waals surface area contributed by atoms with Crippen LogP contribution in [0.4, 0.5) is 0 Å². The maximum atomic E-state index is 5.51. The third kappa shape index (κ3) is 3.31. The third-order valence-electron chi connectivity index (χ3n) is 1.81. The van der Waals surface area contributed by atoms with E-state index in [4.69, 9.17) is 4.74 Å². The van der Waals surface area contributed by atoms with E-state index in [1.807, 2.05) is 18.2 Å². The lowest BCUT2D eigenvalue weighted by Crippen LogP contribution is -1.95. The van der Waals surface area contributed by atoms with Gasteiger partial charge in [-0.05, 0) is 31.0 Å². The molecule has 0 aromatic heterocycles. The van der Waals surface area contributed by atoms with Gasteiger partial charge in [-0.25, -0.2) is 0 Å². The molecular weight excluding hydrogens is 180 g/mol. The van der Waals surface area contributed by atoms with E-state index in [0.717, 1.165) is 18.8 Å². The molecule has 0 bridgehead atoms. The average molecular weight is 196 g/mol. The Hall–Kier alpha value is -0.630. The van der Waals surface area contributed by atoms with Gasteiger partial charge in [0, 0.05) is 5.25 Å². The first-order valence-electron chi connectivity index (χ1n) is 4.65. The van der Waals surface area contributed by atoms with Crippen molar-refractivity contribution >= 4 is 12.6 Å². The predicted octanol–water partition coefficient (Wildman–Crippen LogP) is 3.47. The van der Waals surface area contributed by atoms with Gasteiger partial charge in [-0.1, -0.05) is 19.1 Å². The Labute approximate surface area is 85.5 Å². The van der Waals surface area contributed by atoms with Crippen molar-refractivity contribution in [2.75, 3.05) is 6.61 Å². The largest absolute Gasteiger partial charge is 0.494 e. The van der Waals surface area contributed by atoms with Gasteiger partial charge in [0.1, 0.15) is 5.75 Å². The van der Waals surface area contributed by atoms with Crippen LogP contribution in [0, 0.1) is 0 Å². The predicted molar refractivity (Wildman–Crippen MR) is 59.6 cm³/mol. The minimum absolute atomic E-state index is 0.269. The summed E-state index contributed by atoms with van der Waals surface area (Å²) >= 11 is 4.37. The fourth-order valence-electron chi connectivity index (χ4n) is 1.08. The van der Waals surface area contributed by atoms with E-state index < -0.39 is 0 Å². The molecule has 1 unspecified atom stereocenters. The number of hydrogen-bond acceptors (Lipinski definition) is 2. The van der Waals surface area contributed by atoms with E-state index in [-0.39, 0.29) is 5.25 Å². The summed E-state index contributed by atoms with van der Waals surface area (Å²) in [5.41, 5.74) is 1.21. The van der Waals surface area contributed by atoms with Crippen LogP contribution in [0.25, 0.3) is 0 Å². The Balaban J connectivity index is 2.68. The first-order chi connectivity index (χ1) is 6.24. The molecular formula is C11H16OS. The van der Waals surface area contributed by atoms with Gasteiger partial charge in [0.05, 0.1) is 6.61 Å². The van der Waals surface area contributed by atoms with Gasteiger partial charge in [-0.2, -0.15) is 12.6 Å². The molecule has 0 fully saturated rings. The van der Waals surface area contributed by atoms with Crippen LogP contribution in [0.2, 0.25) is 0 Å². The summed E-state index contributed by atoms with van der Waals surface area (Å²) in [6.45, 7) is 4.94. The minimum Gasteiger partial charge on any atom is -0.494 e. The minimum atomic E-state index is 0.269. The van der Waals surface area contributed by atoms with Crippen molar-refractivity contribution in [3.8, 4) is 5.75 Å². The molecule has 72 valence electrons. The summed E-state index contributed by atoms with van der Waals surface area (Å²) in [7, 11) is 0. The molecule has 0 saturated heterocycles. The molecule has 1 rings (SSSR count). The highest BCUT2D eigenvalue weighted by molar-refractivity contribution is 7.80. The standard InChI is InChI=1S/C11H16OS/c1-3-7-12-11-6-4-5-10(8-11)9(2)13/h4-6,8-9,13H,3,7H2,1-2H3. The van der Waals surface area contributed by atoms with Crippen LogP contribution in [0.15, 0.2) is 24.3 Å². The monoisotopic (exact) mass is 196 g/mol. The second kappa shape index (κ2) is 5.18. The lowest BCUT2D eigenvalue weighted by Gasteiger charge is -2.08. The van der Waals surface area contributed by atoms with Crippen LogP contribution in [0.1, 0.15) is 31.1 Å². The Bertz CT molecular complexity index is 258. The van der Waals surface area contributed by atoms with Crippen molar-refractivity contribution in [3.63, 3.8) is 0 Å². The quantitative estimate of drug-likeness (QED) is 0.725. The topological polar surface area (TPSA) is 9.23 Å². The van der Waals surface area contributed by atoms with Gasteiger partial charge in [0.25, 0.3) is 0 Å². The summed E-state index contributed by atoms with van der Waals surface area (Å²) in [4.78, 5) is 0. The number of thiol groups is 1. The SMILES string of the molecule is CCCOc1cccc(C(C)S)c1. The molecule has 0 amide bonds. The van der Waals surface area contributed by atoms with Crippen molar-refractivity contribution < 1.29 is 4.74 Å². The number of rotatable bonds is 4. The molecule has 0 radical (unpaired) electrons. The van der Waals surface area contributed by atoms with E-state index >= 15 is 0 Å². The highest BCUT2D eigenvalue weighted by Crippen LogP contribution is 2.22. The zero-order chi connectivity index (χ0) is 9.68. The van der Waals surface area contributed by atoms with Gasteiger partial charge >= 0.3 is 0 Å². The third-order valence-corrected chi connectivity index (χ3v) is 2.11. The summed E-state index contributed by atoms with van der Waals surface area (Å²) in [6, 6.07) is 8.10. The molecule has 0 N–H and O–H groups in total. The maximum absolute atomic E-state index is 5.51. The van der Waals surface area contributed by atoms with Crippen LogP contribution in [0.3, 0.4) is 0 Å². The van der Waals surface area contributed by atoms with Crippen LogP contribution < -0.4 is 4.74 Å². The highest BCUT2D eigenvalue weighted by atomic mass is 32.1. The molecule has 0 saturated carbocycles. The summed E-state index contributed by atoms with van der Waals surface area (Å²) in [5, 5.41) is 0.269. The molecule has 0 heterocycles. The van der Waals surface area contributed by atoms with Crippen LogP contribution in [0.5, 0.6) is 5.75 Å². The fraction of sp³-hybridized carbons (Fsp3) is 0.455. The molecule has 2 heteroatoms. The van der Waals surface area contributed by atoms with Gasteiger partial charge in [-0.3, -0.25) is 0 Å². The Morgan fingerprint density at radius 1 is 1.46 bits per heavy atom. The Kier molecular flexibility index (Phi) is 4.16. The second-order valence-electron chi connectivity index (χ2n) is 3.10. The van der Waals surface area contributed by atoms with E-state index in [0.29, 0.717) is 0 Å². The first-order valence-corrected chi connectivity index (χ1v) is 5.16. The van der Waals surface area contributed by atoms with Crippen LogP contribution >= 0.6 is 12.6 Å². The smallest absolute Gasteiger partial charge is 0.119 e. The van der Waals surface area contributed by atoms with Crippen LogP contribution in [-0.2, 0) is 0 Å². The summed E-state index contributed by atoms with van der Waals surface area (Å²) in [6.07, 6.45) is 1.04. The second-order valence-corrected chi connectivity index (χ2v) is 3.87. The zero-order valence-corrected chi connectivity index (χ0v) is 9.05. The molecule has 0 aliphatic rings. The van der Waals surface area contributed by atoms with Crippen molar-refractivity contribution in [3.05, 3.63) is 29.8 Å². The number of hydrogen-bond donors (Lipinski definition) is 1. The molecule has 1 atom stereocenters. The van der Waals surface area contributed by atoms with Crippen LogP contribution in [-0.4, -0.2) is 6.61 Å². The lowest BCUT2D eigenvalue weighted by atomic mass is 10.1. The van der Waals surface area contributed by atoms with E-state index in [1.165, 1.54) is 5.56 Å². The van der Waals surface area contributed by atoms with Crippen molar-refractivity contribution in [2.45, 2.75) is 25.5 Å². The maximum Gasteiger partial charge on any atom is 0.119 e.